The average molecular weight is 519 g/mol. The average Bonchev–Trinajstić information content (AvgIpc) is 3.50. The van der Waals surface area contributed by atoms with Crippen LogP contribution in [0.3, 0.4) is 0 Å². The highest BCUT2D eigenvalue weighted by Crippen LogP contribution is 2.33. The van der Waals surface area contributed by atoms with Gasteiger partial charge in [0.05, 0.1) is 17.6 Å². The van der Waals surface area contributed by atoms with E-state index in [2.05, 4.69) is 25.3 Å². The van der Waals surface area contributed by atoms with E-state index >= 15 is 0 Å². The minimum absolute atomic E-state index is 0.00556. The molecular weight excluding hydrogens is 497 g/mol. The molecule has 0 unspecified atom stereocenters. The van der Waals surface area contributed by atoms with Crippen molar-refractivity contribution in [3.63, 3.8) is 0 Å². The van der Waals surface area contributed by atoms with Crippen LogP contribution in [-0.2, 0) is 6.18 Å². The van der Waals surface area contributed by atoms with E-state index in [1.807, 2.05) is 6.92 Å². The second kappa shape index (κ2) is 9.47. The van der Waals surface area contributed by atoms with Crippen molar-refractivity contribution in [2.45, 2.75) is 20.0 Å². The molecule has 3 heterocycles. The van der Waals surface area contributed by atoms with Gasteiger partial charge in [-0.25, -0.2) is 19.9 Å². The van der Waals surface area contributed by atoms with Crippen molar-refractivity contribution in [2.24, 2.45) is 0 Å². The third-order valence-electron chi connectivity index (χ3n) is 5.86. The number of nitrogens with two attached hydrogens (primary N) is 1. The fourth-order valence-corrected chi connectivity index (χ4v) is 3.86. The lowest BCUT2D eigenvalue weighted by molar-refractivity contribution is -0.137. The van der Waals surface area contributed by atoms with Crippen molar-refractivity contribution in [2.75, 3.05) is 11.1 Å². The maximum Gasteiger partial charge on any atom is 0.416 e. The van der Waals surface area contributed by atoms with Crippen LogP contribution in [0.15, 0.2) is 61.6 Å². The number of rotatable bonds is 5. The Labute approximate surface area is 214 Å². The molecule has 5 rings (SSSR count). The summed E-state index contributed by atoms with van der Waals surface area (Å²) in [6, 6.07) is 8.38. The van der Waals surface area contributed by atoms with Gasteiger partial charge in [0.15, 0.2) is 17.0 Å². The summed E-state index contributed by atoms with van der Waals surface area (Å²) in [6.07, 6.45) is 4.80. The van der Waals surface area contributed by atoms with Crippen LogP contribution in [0.5, 0.6) is 0 Å². The highest BCUT2D eigenvalue weighted by Gasteiger charge is 2.31. The van der Waals surface area contributed by atoms with Crippen molar-refractivity contribution in [1.82, 2.24) is 29.1 Å². The van der Waals surface area contributed by atoms with Gasteiger partial charge in [0, 0.05) is 29.3 Å². The first-order chi connectivity index (χ1) is 18.1. The Hall–Kier alpha value is -5.00. The van der Waals surface area contributed by atoms with Gasteiger partial charge < -0.3 is 15.6 Å². The molecule has 0 saturated heterocycles. The Kier molecular flexibility index (Phi) is 6.15. The van der Waals surface area contributed by atoms with Gasteiger partial charge in [0.25, 0.3) is 5.91 Å². The first kappa shape index (κ1) is 24.7. The fourth-order valence-electron chi connectivity index (χ4n) is 3.86. The topological polar surface area (TPSA) is 117 Å². The molecule has 0 fully saturated rings. The largest absolute Gasteiger partial charge is 0.416 e. The molecule has 0 aliphatic heterocycles. The summed E-state index contributed by atoms with van der Waals surface area (Å²) in [4.78, 5) is 29.4. The minimum Gasteiger partial charge on any atom is -0.382 e. The Balaban J connectivity index is 1.43. The minimum atomic E-state index is -4.60. The summed E-state index contributed by atoms with van der Waals surface area (Å²) in [6.45, 7) is 3.61. The van der Waals surface area contributed by atoms with E-state index in [-0.39, 0.29) is 22.8 Å². The molecule has 0 radical (unpaired) electrons. The number of imidazole rings is 2. The van der Waals surface area contributed by atoms with Crippen molar-refractivity contribution in [3.05, 3.63) is 89.5 Å². The van der Waals surface area contributed by atoms with E-state index in [4.69, 9.17) is 5.73 Å². The molecule has 9 nitrogen and oxygen atoms in total. The normalized spacial score (nSPS) is 11.9. The summed E-state index contributed by atoms with van der Waals surface area (Å²) >= 11 is 0. The number of anilines is 2. The number of nitrogen functional groups attached to an aromatic ring is 1. The van der Waals surface area contributed by atoms with Gasteiger partial charge in [-0.3, -0.25) is 9.36 Å². The molecular formula is C26H21F3N8O. The van der Waals surface area contributed by atoms with Crippen LogP contribution in [0.2, 0.25) is 0 Å². The highest BCUT2D eigenvalue weighted by atomic mass is 19.4. The van der Waals surface area contributed by atoms with Crippen LogP contribution in [0.25, 0.3) is 29.1 Å². The Morgan fingerprint density at radius 3 is 2.58 bits per heavy atom. The first-order valence-corrected chi connectivity index (χ1v) is 11.3. The molecule has 0 bridgehead atoms. The maximum absolute atomic E-state index is 13.6. The van der Waals surface area contributed by atoms with Crippen LogP contribution in [0.4, 0.5) is 24.7 Å². The summed E-state index contributed by atoms with van der Waals surface area (Å²) in [5, 5.41) is 2.59. The molecule has 12 heteroatoms. The molecule has 38 heavy (non-hydrogen) atoms. The maximum atomic E-state index is 13.6. The predicted molar refractivity (Wildman–Crippen MR) is 137 cm³/mol. The number of fused-ring (bicyclic) bond motifs is 1. The van der Waals surface area contributed by atoms with Gasteiger partial charge in [-0.05, 0) is 61.4 Å². The summed E-state index contributed by atoms with van der Waals surface area (Å²) in [5.41, 5.74) is 8.68. The third-order valence-corrected chi connectivity index (χ3v) is 5.86. The SMILES string of the molecule is Cc1cn(-c2cc(NC(=O)c3ccc(C)c(C=Cn4cnc5c(N)ncnc54)c3)cc(C(F)(F)F)c2)cn1. The lowest BCUT2D eigenvalue weighted by Gasteiger charge is -2.14. The van der Waals surface area contributed by atoms with E-state index in [0.717, 1.165) is 23.3 Å². The van der Waals surface area contributed by atoms with Crippen molar-refractivity contribution < 1.29 is 18.0 Å². The molecule has 3 aromatic heterocycles. The molecule has 192 valence electrons. The van der Waals surface area contributed by atoms with E-state index in [0.29, 0.717) is 16.9 Å². The highest BCUT2D eigenvalue weighted by molar-refractivity contribution is 6.05. The van der Waals surface area contributed by atoms with Gasteiger partial charge in [-0.2, -0.15) is 13.2 Å². The number of hydrogen-bond donors (Lipinski definition) is 2. The molecule has 0 aliphatic rings. The fraction of sp³-hybridized carbons (Fsp3) is 0.115. The number of alkyl halides is 3. The first-order valence-electron chi connectivity index (χ1n) is 11.3. The molecule has 1 amide bonds. The second-order valence-electron chi connectivity index (χ2n) is 8.61. The van der Waals surface area contributed by atoms with E-state index < -0.39 is 17.6 Å². The van der Waals surface area contributed by atoms with Crippen LogP contribution >= 0.6 is 0 Å². The predicted octanol–water partition coefficient (Wildman–Crippen LogP) is 5.11. The molecule has 0 aliphatic carbocycles. The van der Waals surface area contributed by atoms with Crippen LogP contribution in [-0.4, -0.2) is 35.0 Å². The number of aromatic nitrogens is 6. The van der Waals surface area contributed by atoms with Crippen molar-refractivity contribution >= 4 is 40.9 Å². The van der Waals surface area contributed by atoms with E-state index in [1.165, 1.54) is 23.3 Å². The third kappa shape index (κ3) is 4.96. The van der Waals surface area contributed by atoms with Gasteiger partial charge in [0.1, 0.15) is 12.7 Å². The molecule has 0 spiro atoms. The van der Waals surface area contributed by atoms with Crippen LogP contribution in [0.1, 0.15) is 32.7 Å². The Bertz CT molecular complexity index is 1700. The molecule has 2 aromatic carbocycles. The standard InChI is InChI=1S/C26H21F3N8O/c1-15-3-4-18(7-17(15)5-6-36-14-34-22-23(30)31-12-32-24(22)36)25(38)35-20-8-19(26(27,28)29)9-21(10-20)37-11-16(2)33-13-37/h3-14H,1-2H3,(H,35,38)(H2,30,31,32). The summed E-state index contributed by atoms with van der Waals surface area (Å²) < 4.78 is 43.9. The molecule has 5 aromatic rings. The summed E-state index contributed by atoms with van der Waals surface area (Å²) in [5.74, 6) is -0.293. The molecule has 0 atom stereocenters. The van der Waals surface area contributed by atoms with Crippen molar-refractivity contribution in [1.29, 1.82) is 0 Å². The van der Waals surface area contributed by atoms with Gasteiger partial charge in [-0.15, -0.1) is 0 Å². The zero-order valence-corrected chi connectivity index (χ0v) is 20.2. The number of carbonyl (C=O) groups is 1. The number of carbonyl (C=O) groups excluding carboxylic acids is 1. The van der Waals surface area contributed by atoms with Gasteiger partial charge >= 0.3 is 6.18 Å². The Morgan fingerprint density at radius 1 is 1.03 bits per heavy atom. The summed E-state index contributed by atoms with van der Waals surface area (Å²) in [7, 11) is 0. The van der Waals surface area contributed by atoms with Crippen LogP contribution in [0, 0.1) is 13.8 Å². The number of aryl methyl sites for hydroxylation is 2. The smallest absolute Gasteiger partial charge is 0.382 e. The number of halogens is 3. The number of nitrogens with one attached hydrogen (secondary N) is 1. The van der Waals surface area contributed by atoms with Gasteiger partial charge in [0.2, 0.25) is 0 Å². The monoisotopic (exact) mass is 518 g/mol. The number of nitrogens with zero attached hydrogens (tertiary/aromatic N) is 6. The molecule has 3 N–H and O–H groups in total. The van der Waals surface area contributed by atoms with E-state index in [1.54, 1.807) is 54.5 Å². The lowest BCUT2D eigenvalue weighted by atomic mass is 10.0. The Morgan fingerprint density at radius 2 is 1.84 bits per heavy atom. The zero-order valence-electron chi connectivity index (χ0n) is 20.2. The zero-order chi connectivity index (χ0) is 27.0. The van der Waals surface area contributed by atoms with Crippen molar-refractivity contribution in [3.8, 4) is 5.69 Å². The number of hydrogen-bond acceptors (Lipinski definition) is 6. The van der Waals surface area contributed by atoms with Gasteiger partial charge in [-0.1, -0.05) is 6.07 Å². The van der Waals surface area contributed by atoms with Crippen LogP contribution < -0.4 is 11.1 Å². The second-order valence-corrected chi connectivity index (χ2v) is 8.61. The number of amides is 1. The molecule has 0 saturated carbocycles. The quantitative estimate of drug-likeness (QED) is 0.334. The van der Waals surface area contributed by atoms with E-state index in [9.17, 15) is 18.0 Å². The number of benzene rings is 2. The lowest BCUT2D eigenvalue weighted by Crippen LogP contribution is -2.14.